The van der Waals surface area contributed by atoms with Gasteiger partial charge in [-0.2, -0.15) is 0 Å². The molecule has 0 heterocycles. The maximum Gasteiger partial charge on any atom is 0.308 e. The van der Waals surface area contributed by atoms with E-state index in [1.54, 1.807) is 0 Å². The summed E-state index contributed by atoms with van der Waals surface area (Å²) in [7, 11) is 0. The zero-order valence-corrected chi connectivity index (χ0v) is 9.40. The first-order valence-corrected chi connectivity index (χ1v) is 5.44. The predicted molar refractivity (Wildman–Crippen MR) is 60.3 cm³/mol. The van der Waals surface area contributed by atoms with Gasteiger partial charge < -0.3 is 4.74 Å². The molecule has 0 N–H and O–H groups in total. The number of carbonyl (C=O) groups excluding carboxylic acids is 1. The van der Waals surface area contributed by atoms with Crippen molar-refractivity contribution in [2.45, 2.75) is 33.3 Å². The lowest BCUT2D eigenvalue weighted by Gasteiger charge is -2.10. The van der Waals surface area contributed by atoms with Gasteiger partial charge in [0.05, 0.1) is 5.92 Å². The Balaban J connectivity index is 2.34. The highest BCUT2D eigenvalue weighted by molar-refractivity contribution is 5.71. The molecule has 0 fully saturated rings. The highest BCUT2D eigenvalue weighted by atomic mass is 16.5. The van der Waals surface area contributed by atoms with Crippen LogP contribution in [0.15, 0.2) is 30.3 Å². The molecular formula is C13H18O2. The number of carbonyl (C=O) groups is 1. The molecule has 0 unspecified atom stereocenters. The largest absolute Gasteiger partial charge is 0.461 e. The number of benzene rings is 1. The minimum Gasteiger partial charge on any atom is -0.461 e. The summed E-state index contributed by atoms with van der Waals surface area (Å²) in [5.74, 6) is -0.0839. The SMILES string of the molecule is CCC[C@@H](C)C(=O)OCc1ccccc1. The summed E-state index contributed by atoms with van der Waals surface area (Å²) in [6.45, 7) is 4.37. The van der Waals surface area contributed by atoms with E-state index >= 15 is 0 Å². The third-order valence-corrected chi connectivity index (χ3v) is 2.35. The average molecular weight is 206 g/mol. The molecule has 15 heavy (non-hydrogen) atoms. The second-order valence-electron chi connectivity index (χ2n) is 3.78. The van der Waals surface area contributed by atoms with E-state index in [1.165, 1.54) is 0 Å². The molecule has 0 aliphatic carbocycles. The van der Waals surface area contributed by atoms with Crippen LogP contribution < -0.4 is 0 Å². The van der Waals surface area contributed by atoms with E-state index in [4.69, 9.17) is 4.74 Å². The molecule has 2 nitrogen and oxygen atoms in total. The first kappa shape index (κ1) is 11.8. The second-order valence-corrected chi connectivity index (χ2v) is 3.78. The van der Waals surface area contributed by atoms with Crippen LogP contribution in [0, 0.1) is 5.92 Å². The Morgan fingerprint density at radius 1 is 1.33 bits per heavy atom. The minimum absolute atomic E-state index is 0.0127. The van der Waals surface area contributed by atoms with Crippen molar-refractivity contribution in [2.75, 3.05) is 0 Å². The molecule has 0 radical (unpaired) electrons. The van der Waals surface area contributed by atoms with E-state index in [2.05, 4.69) is 6.92 Å². The Morgan fingerprint density at radius 2 is 2.00 bits per heavy atom. The molecule has 1 rings (SSSR count). The van der Waals surface area contributed by atoms with Gasteiger partial charge in [-0.15, -0.1) is 0 Å². The van der Waals surface area contributed by atoms with E-state index in [0.717, 1.165) is 18.4 Å². The van der Waals surface area contributed by atoms with Crippen LogP contribution in [0.2, 0.25) is 0 Å². The van der Waals surface area contributed by atoms with Gasteiger partial charge in [0.1, 0.15) is 6.61 Å². The summed E-state index contributed by atoms with van der Waals surface area (Å²) < 4.78 is 5.20. The molecule has 82 valence electrons. The zero-order valence-electron chi connectivity index (χ0n) is 9.40. The van der Waals surface area contributed by atoms with Crippen molar-refractivity contribution in [1.29, 1.82) is 0 Å². The summed E-state index contributed by atoms with van der Waals surface area (Å²) in [6.07, 6.45) is 1.91. The average Bonchev–Trinajstić information content (AvgIpc) is 2.27. The fourth-order valence-electron chi connectivity index (χ4n) is 1.42. The van der Waals surface area contributed by atoms with Gasteiger partial charge in [0.2, 0.25) is 0 Å². The minimum atomic E-state index is -0.0966. The Morgan fingerprint density at radius 3 is 2.60 bits per heavy atom. The van der Waals surface area contributed by atoms with Crippen LogP contribution in [0.5, 0.6) is 0 Å². The molecule has 0 bridgehead atoms. The van der Waals surface area contributed by atoms with E-state index < -0.39 is 0 Å². The molecule has 0 saturated carbocycles. The Kier molecular flexibility index (Phi) is 4.88. The number of rotatable bonds is 5. The monoisotopic (exact) mass is 206 g/mol. The molecule has 0 aliphatic rings. The first-order valence-electron chi connectivity index (χ1n) is 5.44. The standard InChI is InChI=1S/C13H18O2/c1-3-7-11(2)13(14)15-10-12-8-5-4-6-9-12/h4-6,8-9,11H,3,7,10H2,1-2H3/t11-/m1/s1. The Labute approximate surface area is 91.3 Å². The van der Waals surface area contributed by atoms with Crippen molar-refractivity contribution in [1.82, 2.24) is 0 Å². The lowest BCUT2D eigenvalue weighted by molar-refractivity contribution is -0.149. The van der Waals surface area contributed by atoms with E-state index in [9.17, 15) is 4.79 Å². The molecule has 0 aliphatic heterocycles. The van der Waals surface area contributed by atoms with Gasteiger partial charge in [0.25, 0.3) is 0 Å². The van der Waals surface area contributed by atoms with Crippen molar-refractivity contribution < 1.29 is 9.53 Å². The van der Waals surface area contributed by atoms with Crippen LogP contribution in [0.25, 0.3) is 0 Å². The fourth-order valence-corrected chi connectivity index (χ4v) is 1.42. The molecular weight excluding hydrogens is 188 g/mol. The van der Waals surface area contributed by atoms with E-state index in [1.807, 2.05) is 37.3 Å². The van der Waals surface area contributed by atoms with Crippen molar-refractivity contribution in [3.8, 4) is 0 Å². The molecule has 0 saturated heterocycles. The van der Waals surface area contributed by atoms with Gasteiger partial charge in [0.15, 0.2) is 0 Å². The van der Waals surface area contributed by atoms with Crippen molar-refractivity contribution >= 4 is 5.97 Å². The first-order chi connectivity index (χ1) is 7.24. The van der Waals surface area contributed by atoms with Gasteiger partial charge in [-0.05, 0) is 12.0 Å². The second kappa shape index (κ2) is 6.23. The molecule has 0 amide bonds. The number of esters is 1. The summed E-state index contributed by atoms with van der Waals surface area (Å²) in [5, 5.41) is 0. The number of hydrogen-bond acceptors (Lipinski definition) is 2. The van der Waals surface area contributed by atoms with Crippen LogP contribution >= 0.6 is 0 Å². The normalized spacial score (nSPS) is 12.1. The lowest BCUT2D eigenvalue weighted by Crippen LogP contribution is -2.14. The van der Waals surface area contributed by atoms with Crippen LogP contribution in [-0.4, -0.2) is 5.97 Å². The van der Waals surface area contributed by atoms with Crippen LogP contribution in [0.4, 0.5) is 0 Å². The number of hydrogen-bond donors (Lipinski definition) is 0. The van der Waals surface area contributed by atoms with Crippen LogP contribution in [0.3, 0.4) is 0 Å². The maximum atomic E-state index is 11.5. The highest BCUT2D eigenvalue weighted by Gasteiger charge is 2.12. The van der Waals surface area contributed by atoms with E-state index in [-0.39, 0.29) is 11.9 Å². The predicted octanol–water partition coefficient (Wildman–Crippen LogP) is 3.17. The summed E-state index contributed by atoms with van der Waals surface area (Å²) in [5.41, 5.74) is 1.04. The van der Waals surface area contributed by atoms with Gasteiger partial charge >= 0.3 is 5.97 Å². The van der Waals surface area contributed by atoms with Gasteiger partial charge in [0, 0.05) is 0 Å². The molecule has 1 atom stereocenters. The van der Waals surface area contributed by atoms with Crippen molar-refractivity contribution in [3.05, 3.63) is 35.9 Å². The highest BCUT2D eigenvalue weighted by Crippen LogP contribution is 2.09. The quantitative estimate of drug-likeness (QED) is 0.692. The molecule has 2 heteroatoms. The van der Waals surface area contributed by atoms with Gasteiger partial charge in [-0.1, -0.05) is 50.6 Å². The summed E-state index contributed by atoms with van der Waals surface area (Å²) in [4.78, 5) is 11.5. The summed E-state index contributed by atoms with van der Waals surface area (Å²) >= 11 is 0. The lowest BCUT2D eigenvalue weighted by atomic mass is 10.1. The molecule has 0 spiro atoms. The smallest absolute Gasteiger partial charge is 0.308 e. The fraction of sp³-hybridized carbons (Fsp3) is 0.462. The Hall–Kier alpha value is -1.31. The summed E-state index contributed by atoms with van der Waals surface area (Å²) in [6, 6.07) is 9.75. The zero-order chi connectivity index (χ0) is 11.1. The Bertz CT molecular complexity index is 293. The number of ether oxygens (including phenoxy) is 1. The van der Waals surface area contributed by atoms with Crippen LogP contribution in [-0.2, 0) is 16.1 Å². The van der Waals surface area contributed by atoms with Crippen molar-refractivity contribution in [3.63, 3.8) is 0 Å². The maximum absolute atomic E-state index is 11.5. The van der Waals surface area contributed by atoms with Gasteiger partial charge in [-0.25, -0.2) is 0 Å². The third kappa shape index (κ3) is 4.15. The molecule has 0 aromatic heterocycles. The third-order valence-electron chi connectivity index (χ3n) is 2.35. The van der Waals surface area contributed by atoms with Crippen LogP contribution in [0.1, 0.15) is 32.3 Å². The topological polar surface area (TPSA) is 26.3 Å². The molecule has 1 aromatic carbocycles. The van der Waals surface area contributed by atoms with E-state index in [0.29, 0.717) is 6.61 Å². The van der Waals surface area contributed by atoms with Gasteiger partial charge in [-0.3, -0.25) is 4.79 Å². The molecule has 1 aromatic rings. The van der Waals surface area contributed by atoms with Crippen molar-refractivity contribution in [2.24, 2.45) is 5.92 Å².